The number of hydrogen-bond donors (Lipinski definition) is 0. The molecule has 0 rings (SSSR count). The second-order valence-electron chi connectivity index (χ2n) is 5.13. The minimum Gasteiger partial charge on any atom is -0.354 e. The molecule has 1 unspecified atom stereocenters. The maximum absolute atomic E-state index is 5.95. The Morgan fingerprint density at radius 1 is 0.889 bits per heavy atom. The van der Waals surface area contributed by atoms with E-state index in [4.69, 9.17) is 4.74 Å². The van der Waals surface area contributed by atoms with Crippen LogP contribution in [0.4, 0.5) is 0 Å². The zero-order valence-corrected chi connectivity index (χ0v) is 13.7. The normalized spacial score (nSPS) is 13.2. The van der Waals surface area contributed by atoms with E-state index in [9.17, 15) is 0 Å². The van der Waals surface area contributed by atoms with Gasteiger partial charge in [0.05, 0.1) is 0 Å². The quantitative estimate of drug-likeness (QED) is 0.356. The predicted molar refractivity (Wildman–Crippen MR) is 84.2 cm³/mol. The molecule has 2 nitrogen and oxygen atoms in total. The predicted octanol–water partition coefficient (Wildman–Crippen LogP) is 4.74. The van der Waals surface area contributed by atoms with Gasteiger partial charge in [-0.25, -0.2) is 0 Å². The van der Waals surface area contributed by atoms with E-state index in [1.807, 2.05) is 11.8 Å². The van der Waals surface area contributed by atoms with Crippen molar-refractivity contribution >= 4 is 11.8 Å². The zero-order valence-electron chi connectivity index (χ0n) is 12.9. The van der Waals surface area contributed by atoms with Gasteiger partial charge in [-0.1, -0.05) is 52.4 Å². The van der Waals surface area contributed by atoms with Crippen molar-refractivity contribution in [1.29, 1.82) is 0 Å². The van der Waals surface area contributed by atoms with Crippen LogP contribution in [0.25, 0.3) is 0 Å². The van der Waals surface area contributed by atoms with Crippen LogP contribution in [0.15, 0.2) is 0 Å². The summed E-state index contributed by atoms with van der Waals surface area (Å²) in [6.07, 6.45) is 10.5. The highest BCUT2D eigenvalue weighted by molar-refractivity contribution is 7.99. The van der Waals surface area contributed by atoms with Crippen LogP contribution in [0.3, 0.4) is 0 Å². The number of hydrogen-bond acceptors (Lipinski definition) is 3. The average Bonchev–Trinajstić information content (AvgIpc) is 2.35. The Kier molecular flexibility index (Phi) is 13.9. The molecule has 0 aliphatic carbocycles. The summed E-state index contributed by atoms with van der Waals surface area (Å²) in [5.41, 5.74) is 0.244. The van der Waals surface area contributed by atoms with Crippen LogP contribution in [0.1, 0.15) is 65.2 Å². The molecule has 0 heterocycles. The number of thioether (sulfide) groups is 1. The summed E-state index contributed by atoms with van der Waals surface area (Å²) >= 11 is 1.95. The molecular weight excluding hydrogens is 242 g/mol. The molecule has 3 heteroatoms. The molecule has 0 saturated heterocycles. The van der Waals surface area contributed by atoms with Crippen molar-refractivity contribution in [2.45, 2.75) is 70.8 Å². The van der Waals surface area contributed by atoms with E-state index in [0.29, 0.717) is 0 Å². The Bertz CT molecular complexity index is 151. The fourth-order valence-corrected chi connectivity index (χ4v) is 2.84. The molecule has 0 saturated carbocycles. The molecule has 0 bridgehead atoms. The fourth-order valence-electron chi connectivity index (χ4n) is 1.77. The van der Waals surface area contributed by atoms with Crippen LogP contribution in [-0.2, 0) is 4.74 Å². The third kappa shape index (κ3) is 11.4. The monoisotopic (exact) mass is 275 g/mol. The van der Waals surface area contributed by atoms with Crippen molar-refractivity contribution in [2.24, 2.45) is 0 Å². The van der Waals surface area contributed by atoms with Gasteiger partial charge in [0.15, 0.2) is 5.56 Å². The Morgan fingerprint density at radius 3 is 2.06 bits per heavy atom. The van der Waals surface area contributed by atoms with E-state index in [0.717, 1.165) is 6.61 Å². The van der Waals surface area contributed by atoms with Gasteiger partial charge in [-0.15, -0.1) is 11.8 Å². The summed E-state index contributed by atoms with van der Waals surface area (Å²) in [6, 6.07) is 0. The van der Waals surface area contributed by atoms with Gasteiger partial charge in [-0.05, 0) is 32.7 Å². The first kappa shape index (κ1) is 18.3. The second kappa shape index (κ2) is 13.7. The lowest BCUT2D eigenvalue weighted by Crippen LogP contribution is -2.28. The van der Waals surface area contributed by atoms with Gasteiger partial charge in [0.25, 0.3) is 0 Å². The lowest BCUT2D eigenvalue weighted by Gasteiger charge is -2.24. The van der Waals surface area contributed by atoms with Crippen LogP contribution in [0.5, 0.6) is 0 Å². The lowest BCUT2D eigenvalue weighted by atomic mass is 10.2. The zero-order chi connectivity index (χ0) is 13.6. The molecule has 18 heavy (non-hydrogen) atoms. The van der Waals surface area contributed by atoms with Crippen LogP contribution < -0.4 is 0 Å². The topological polar surface area (TPSA) is 12.5 Å². The Hall–Kier alpha value is 0.270. The summed E-state index contributed by atoms with van der Waals surface area (Å²) in [6.45, 7) is 5.41. The minimum absolute atomic E-state index is 0.244. The van der Waals surface area contributed by atoms with E-state index < -0.39 is 0 Å². The first-order valence-corrected chi connectivity index (χ1v) is 8.66. The fraction of sp³-hybridized carbons (Fsp3) is 1.00. The van der Waals surface area contributed by atoms with Gasteiger partial charge in [-0.3, -0.25) is 4.90 Å². The van der Waals surface area contributed by atoms with Crippen molar-refractivity contribution in [3.05, 3.63) is 0 Å². The van der Waals surface area contributed by atoms with E-state index in [2.05, 4.69) is 32.8 Å². The van der Waals surface area contributed by atoms with Gasteiger partial charge < -0.3 is 4.74 Å². The molecule has 0 radical (unpaired) electrons. The van der Waals surface area contributed by atoms with Gasteiger partial charge >= 0.3 is 0 Å². The molecule has 110 valence electrons. The van der Waals surface area contributed by atoms with E-state index >= 15 is 0 Å². The number of rotatable bonds is 13. The third-order valence-electron chi connectivity index (χ3n) is 2.94. The third-order valence-corrected chi connectivity index (χ3v) is 4.31. The first-order valence-electron chi connectivity index (χ1n) is 7.62. The van der Waals surface area contributed by atoms with Crippen molar-refractivity contribution < 1.29 is 4.74 Å². The SMILES string of the molecule is CCCCCCOC(SCCCCCC)N(C)C. The van der Waals surface area contributed by atoms with Crippen molar-refractivity contribution in [1.82, 2.24) is 4.90 Å². The van der Waals surface area contributed by atoms with Crippen LogP contribution in [0, 0.1) is 0 Å². The van der Waals surface area contributed by atoms with Crippen molar-refractivity contribution in [3.63, 3.8) is 0 Å². The molecular formula is C15H33NOS. The number of ether oxygens (including phenoxy) is 1. The summed E-state index contributed by atoms with van der Waals surface area (Å²) in [7, 11) is 4.21. The second-order valence-corrected chi connectivity index (χ2v) is 6.28. The number of nitrogens with zero attached hydrogens (tertiary/aromatic N) is 1. The Morgan fingerprint density at radius 2 is 1.50 bits per heavy atom. The molecule has 0 spiro atoms. The van der Waals surface area contributed by atoms with Gasteiger partial charge in [0, 0.05) is 6.61 Å². The lowest BCUT2D eigenvalue weighted by molar-refractivity contribution is 0.0259. The Labute approximate surface area is 119 Å². The molecule has 0 amide bonds. The van der Waals surface area contributed by atoms with Gasteiger partial charge in [0.1, 0.15) is 0 Å². The first-order chi connectivity index (χ1) is 8.72. The van der Waals surface area contributed by atoms with E-state index in [1.165, 1.54) is 57.1 Å². The maximum atomic E-state index is 5.95. The van der Waals surface area contributed by atoms with Crippen molar-refractivity contribution in [2.75, 3.05) is 26.5 Å². The summed E-state index contributed by atoms with van der Waals surface area (Å²) in [5.74, 6) is 1.22. The van der Waals surface area contributed by atoms with Gasteiger partial charge in [-0.2, -0.15) is 0 Å². The molecule has 0 aliphatic heterocycles. The molecule has 0 aromatic heterocycles. The van der Waals surface area contributed by atoms with Crippen LogP contribution in [-0.4, -0.2) is 36.9 Å². The molecule has 0 aliphatic rings. The largest absolute Gasteiger partial charge is 0.354 e. The molecule has 0 fully saturated rings. The van der Waals surface area contributed by atoms with E-state index in [1.54, 1.807) is 0 Å². The average molecular weight is 276 g/mol. The number of unbranched alkanes of at least 4 members (excludes halogenated alkanes) is 6. The minimum atomic E-state index is 0.244. The highest BCUT2D eigenvalue weighted by Crippen LogP contribution is 2.18. The molecule has 0 N–H and O–H groups in total. The van der Waals surface area contributed by atoms with E-state index in [-0.39, 0.29) is 5.56 Å². The standard InChI is InChI=1S/C15H33NOS/c1-5-7-9-11-13-17-15(16(3)4)18-14-12-10-8-6-2/h15H,5-14H2,1-4H3. The molecule has 0 aromatic carbocycles. The highest BCUT2D eigenvalue weighted by atomic mass is 32.2. The maximum Gasteiger partial charge on any atom is 0.158 e. The highest BCUT2D eigenvalue weighted by Gasteiger charge is 2.11. The van der Waals surface area contributed by atoms with Gasteiger partial charge in [0.2, 0.25) is 0 Å². The summed E-state index contributed by atoms with van der Waals surface area (Å²) < 4.78 is 5.95. The smallest absolute Gasteiger partial charge is 0.158 e. The van der Waals surface area contributed by atoms with Crippen molar-refractivity contribution in [3.8, 4) is 0 Å². The molecule has 1 atom stereocenters. The molecule has 0 aromatic rings. The summed E-state index contributed by atoms with van der Waals surface area (Å²) in [5, 5.41) is 0. The summed E-state index contributed by atoms with van der Waals surface area (Å²) in [4.78, 5) is 2.18. The Balaban J connectivity index is 3.53. The van der Waals surface area contributed by atoms with Crippen LogP contribution >= 0.6 is 11.8 Å². The van der Waals surface area contributed by atoms with Crippen LogP contribution in [0.2, 0.25) is 0 Å².